The van der Waals surface area contributed by atoms with Gasteiger partial charge < -0.3 is 38.7 Å². The van der Waals surface area contributed by atoms with Crippen molar-refractivity contribution < 1.29 is 38.7 Å². The smallest absolute Gasteiger partial charge is 0.218 e. The van der Waals surface area contributed by atoms with Crippen molar-refractivity contribution in [2.45, 2.75) is 12.1 Å². The molecule has 0 saturated carbocycles. The zero-order chi connectivity index (χ0) is 24.6. The molecule has 0 spiro atoms. The minimum atomic E-state index is -0.186. The van der Waals surface area contributed by atoms with Crippen LogP contribution in [0.15, 0.2) is 138 Å². The van der Waals surface area contributed by atoms with Gasteiger partial charge in [0.05, 0.1) is 0 Å². The fraction of sp³-hybridized carbons (Fsp3) is 0.0571. The fourth-order valence-electron chi connectivity index (χ4n) is 5.38. The SMILES string of the molecule is [Br-].[Br-].[Ga].[c]1c(C2=NC(c3ccccc3)C(c3ccccc3)O2)cccc1-c1c2ccccc2cc2ccccc12. The molecule has 0 saturated heterocycles. The van der Waals surface area contributed by atoms with E-state index in [-0.39, 0.29) is 65.9 Å². The number of hydrogen-bond donors (Lipinski definition) is 0. The Morgan fingerprint density at radius 2 is 1.07 bits per heavy atom. The van der Waals surface area contributed by atoms with Gasteiger partial charge in [-0.3, -0.25) is 0 Å². The maximum absolute atomic E-state index is 6.59. The molecule has 0 N–H and O–H groups in total. The zero-order valence-electron chi connectivity index (χ0n) is 21.5. The Kier molecular flexibility index (Phi) is 9.75. The Balaban J connectivity index is 0.00000123. The second-order valence-corrected chi connectivity index (χ2v) is 9.41. The molecule has 7 rings (SSSR count). The summed E-state index contributed by atoms with van der Waals surface area (Å²) in [5, 5.41) is 4.87. The molecule has 0 aliphatic carbocycles. The van der Waals surface area contributed by atoms with Crippen LogP contribution in [0.25, 0.3) is 32.7 Å². The molecule has 2 atom stereocenters. The summed E-state index contributed by atoms with van der Waals surface area (Å²) in [6.07, 6.45) is -0.186. The van der Waals surface area contributed by atoms with Gasteiger partial charge >= 0.3 is 0 Å². The molecule has 0 fully saturated rings. The molecule has 0 amide bonds. The van der Waals surface area contributed by atoms with Crippen LogP contribution in [0, 0.1) is 6.07 Å². The van der Waals surface area contributed by atoms with Crippen LogP contribution in [-0.2, 0) is 4.74 Å². The monoisotopic (exact) mass is 701 g/mol. The quantitative estimate of drug-likeness (QED) is 0.204. The average molecular weight is 704 g/mol. The Morgan fingerprint density at radius 3 is 1.70 bits per heavy atom. The first kappa shape index (κ1) is 29.9. The normalized spacial score (nSPS) is 15.8. The van der Waals surface area contributed by atoms with E-state index in [0.29, 0.717) is 5.90 Å². The van der Waals surface area contributed by atoms with Crippen molar-refractivity contribution in [2.75, 3.05) is 0 Å². The topological polar surface area (TPSA) is 21.6 Å². The summed E-state index contributed by atoms with van der Waals surface area (Å²) in [4.78, 5) is 5.11. The van der Waals surface area contributed by atoms with Gasteiger partial charge in [-0.05, 0) is 55.9 Å². The minimum absolute atomic E-state index is 0. The summed E-state index contributed by atoms with van der Waals surface area (Å²) in [7, 11) is 0. The predicted octanol–water partition coefficient (Wildman–Crippen LogP) is 2.35. The summed E-state index contributed by atoms with van der Waals surface area (Å²) in [5.74, 6) is 0.633. The second-order valence-electron chi connectivity index (χ2n) is 9.41. The van der Waals surface area contributed by atoms with Crippen molar-refractivity contribution in [1.82, 2.24) is 0 Å². The molecule has 2 nitrogen and oxygen atoms in total. The average Bonchev–Trinajstić information content (AvgIpc) is 3.43. The van der Waals surface area contributed by atoms with Gasteiger partial charge in [0, 0.05) is 31.4 Å². The molecule has 40 heavy (non-hydrogen) atoms. The number of aliphatic imine (C=N–C) groups is 1. The standard InChI is InChI=1S/C35H24NO.2BrH.Ga/c1-3-12-24(13-4-1)33-34(25-14-5-2-6-15-25)37-35(36-33)29-19-11-18-28(23-29)32-30-20-9-7-16-26(30)22-27-17-8-10-21-31(27)32;;;/h1-22,33-34H;2*1H;/p-2. The van der Waals surface area contributed by atoms with Crippen LogP contribution in [0.1, 0.15) is 28.8 Å². The number of hydrogen-bond acceptors (Lipinski definition) is 2. The number of halogens is 2. The van der Waals surface area contributed by atoms with E-state index >= 15 is 0 Å². The molecule has 6 aromatic carbocycles. The first-order chi connectivity index (χ1) is 18.3. The summed E-state index contributed by atoms with van der Waals surface area (Å²) in [6.45, 7) is 0. The fourth-order valence-corrected chi connectivity index (χ4v) is 5.38. The van der Waals surface area contributed by atoms with E-state index in [1.165, 1.54) is 27.1 Å². The number of nitrogens with zero attached hydrogens (tertiary/aromatic N) is 1. The Hall–Kier alpha value is -3.09. The van der Waals surface area contributed by atoms with E-state index in [1.807, 2.05) is 18.2 Å². The predicted molar refractivity (Wildman–Crippen MR) is 157 cm³/mol. The van der Waals surface area contributed by atoms with Gasteiger partial charge in [0.1, 0.15) is 6.04 Å². The van der Waals surface area contributed by atoms with Gasteiger partial charge in [-0.2, -0.15) is 0 Å². The molecule has 6 aromatic rings. The van der Waals surface area contributed by atoms with Crippen LogP contribution < -0.4 is 34.0 Å². The second kappa shape index (κ2) is 13.0. The van der Waals surface area contributed by atoms with Crippen LogP contribution >= 0.6 is 0 Å². The molecule has 2 unspecified atom stereocenters. The van der Waals surface area contributed by atoms with Gasteiger partial charge in [-0.25, -0.2) is 4.99 Å². The van der Waals surface area contributed by atoms with Gasteiger partial charge in [0.25, 0.3) is 0 Å². The molecular formula is C35H24Br2GaNO-2. The van der Waals surface area contributed by atoms with E-state index in [2.05, 4.69) is 121 Å². The van der Waals surface area contributed by atoms with E-state index < -0.39 is 0 Å². The third-order valence-corrected chi connectivity index (χ3v) is 7.12. The van der Waals surface area contributed by atoms with Crippen molar-refractivity contribution in [2.24, 2.45) is 4.99 Å². The van der Waals surface area contributed by atoms with Crippen molar-refractivity contribution >= 4 is 47.2 Å². The first-order valence-electron chi connectivity index (χ1n) is 12.6. The number of benzene rings is 6. The molecule has 5 heteroatoms. The maximum Gasteiger partial charge on any atom is 0.218 e. The Labute approximate surface area is 268 Å². The number of rotatable bonds is 4. The molecule has 0 bridgehead atoms. The molecule has 194 valence electrons. The van der Waals surface area contributed by atoms with Crippen LogP contribution in [0.5, 0.6) is 0 Å². The van der Waals surface area contributed by atoms with E-state index in [4.69, 9.17) is 9.73 Å². The van der Waals surface area contributed by atoms with Crippen molar-refractivity contribution in [3.05, 3.63) is 156 Å². The third kappa shape index (κ3) is 5.57. The molecule has 1 heterocycles. The van der Waals surface area contributed by atoms with Crippen LogP contribution in [0.3, 0.4) is 0 Å². The minimum Gasteiger partial charge on any atom is -1.00 e. The van der Waals surface area contributed by atoms with Crippen LogP contribution in [0.2, 0.25) is 0 Å². The van der Waals surface area contributed by atoms with Crippen LogP contribution in [0.4, 0.5) is 0 Å². The largest absolute Gasteiger partial charge is 1.00 e. The number of ether oxygens (including phenoxy) is 1. The van der Waals surface area contributed by atoms with E-state index in [9.17, 15) is 0 Å². The Bertz CT molecular complexity index is 1720. The molecular weight excluding hydrogens is 680 g/mol. The maximum atomic E-state index is 6.59. The van der Waals surface area contributed by atoms with Crippen LogP contribution in [-0.4, -0.2) is 25.7 Å². The third-order valence-electron chi connectivity index (χ3n) is 7.12. The molecule has 1 aliphatic rings. The van der Waals surface area contributed by atoms with Crippen molar-refractivity contribution in [1.29, 1.82) is 0 Å². The molecule has 4 radical (unpaired) electrons. The van der Waals surface area contributed by atoms with Gasteiger partial charge in [0.15, 0.2) is 6.10 Å². The Morgan fingerprint density at radius 1 is 0.550 bits per heavy atom. The summed E-state index contributed by atoms with van der Waals surface area (Å²) < 4.78 is 6.59. The first-order valence-corrected chi connectivity index (χ1v) is 12.6. The summed E-state index contributed by atoms with van der Waals surface area (Å²) >= 11 is 0. The van der Waals surface area contributed by atoms with Gasteiger partial charge in [-0.15, -0.1) is 0 Å². The van der Waals surface area contributed by atoms with E-state index in [0.717, 1.165) is 22.3 Å². The summed E-state index contributed by atoms with van der Waals surface area (Å²) in [6, 6.07) is 50.0. The number of fused-ring (bicyclic) bond motifs is 2. The zero-order valence-corrected chi connectivity index (χ0v) is 27.1. The molecule has 0 aromatic heterocycles. The van der Waals surface area contributed by atoms with Gasteiger partial charge in [0.2, 0.25) is 5.90 Å². The van der Waals surface area contributed by atoms with Gasteiger partial charge in [-0.1, -0.05) is 121 Å². The molecule has 1 aliphatic heterocycles. The van der Waals surface area contributed by atoms with Crippen molar-refractivity contribution in [3.8, 4) is 11.1 Å². The van der Waals surface area contributed by atoms with Crippen molar-refractivity contribution in [3.63, 3.8) is 0 Å². The summed E-state index contributed by atoms with van der Waals surface area (Å²) in [5.41, 5.74) is 5.35. The van der Waals surface area contributed by atoms with E-state index in [1.54, 1.807) is 0 Å².